The Balaban J connectivity index is 0.00000320. The van der Waals surface area contributed by atoms with E-state index in [4.69, 9.17) is 4.74 Å². The Hall–Kier alpha value is -0.900. The van der Waals surface area contributed by atoms with E-state index in [9.17, 15) is 0 Å². The number of hydrogen-bond donors (Lipinski definition) is 2. The molecular formula is C23H40IN5O. The molecule has 0 saturated carbocycles. The molecule has 0 radical (unpaired) electrons. The minimum Gasteiger partial charge on any atom is -0.379 e. The van der Waals surface area contributed by atoms with Crippen LogP contribution in [0.5, 0.6) is 0 Å². The molecule has 0 spiro atoms. The molecule has 30 heavy (non-hydrogen) atoms. The monoisotopic (exact) mass is 529 g/mol. The minimum absolute atomic E-state index is 0. The maximum atomic E-state index is 5.58. The molecule has 3 rings (SSSR count). The van der Waals surface area contributed by atoms with Gasteiger partial charge in [-0.15, -0.1) is 24.0 Å². The fourth-order valence-electron chi connectivity index (χ4n) is 4.42. The summed E-state index contributed by atoms with van der Waals surface area (Å²) in [5.74, 6) is 0.921. The van der Waals surface area contributed by atoms with Crippen LogP contribution in [0.1, 0.15) is 43.4 Å². The lowest BCUT2D eigenvalue weighted by atomic mass is 10.0. The van der Waals surface area contributed by atoms with Gasteiger partial charge < -0.3 is 20.3 Å². The molecule has 1 atom stereocenters. The number of guanidine groups is 1. The first-order chi connectivity index (χ1) is 14.2. The second-order valence-electron chi connectivity index (χ2n) is 8.29. The number of hydrogen-bond acceptors (Lipinski definition) is 4. The van der Waals surface area contributed by atoms with Crippen molar-refractivity contribution in [1.29, 1.82) is 0 Å². The van der Waals surface area contributed by atoms with Gasteiger partial charge in [-0.3, -0.25) is 9.89 Å². The van der Waals surface area contributed by atoms with Gasteiger partial charge in [0, 0.05) is 45.8 Å². The number of benzene rings is 1. The van der Waals surface area contributed by atoms with E-state index in [1.807, 2.05) is 7.05 Å². The molecule has 2 aliphatic rings. The summed E-state index contributed by atoms with van der Waals surface area (Å²) in [7, 11) is 1.87. The highest BCUT2D eigenvalue weighted by Gasteiger charge is 2.24. The largest absolute Gasteiger partial charge is 0.379 e. The first-order valence-electron chi connectivity index (χ1n) is 11.3. The molecule has 2 N–H and O–H groups in total. The van der Waals surface area contributed by atoms with Gasteiger partial charge in [-0.1, -0.05) is 36.8 Å². The van der Waals surface area contributed by atoms with Crippen molar-refractivity contribution in [3.63, 3.8) is 0 Å². The zero-order valence-electron chi connectivity index (χ0n) is 18.9. The first kappa shape index (κ1) is 25.4. The summed E-state index contributed by atoms with van der Waals surface area (Å²) in [6, 6.07) is 9.71. The van der Waals surface area contributed by atoms with E-state index in [1.54, 1.807) is 0 Å². The molecule has 6 nitrogen and oxygen atoms in total. The number of ether oxygens (including phenoxy) is 1. The summed E-state index contributed by atoms with van der Waals surface area (Å²) in [5, 5.41) is 7.27. The molecule has 170 valence electrons. The molecule has 0 amide bonds. The SMILES string of the molecule is CCCN1CCC(NC(=NC)NCC(c2cccc(C)c2)N2CCOCC2)CC1.I. The topological polar surface area (TPSA) is 52.1 Å². The molecule has 2 fully saturated rings. The van der Waals surface area contributed by atoms with Crippen molar-refractivity contribution < 1.29 is 4.74 Å². The van der Waals surface area contributed by atoms with Gasteiger partial charge in [0.05, 0.1) is 19.3 Å². The molecule has 2 aliphatic heterocycles. The predicted molar refractivity (Wildman–Crippen MR) is 136 cm³/mol. The Morgan fingerprint density at radius 1 is 1.20 bits per heavy atom. The number of aryl methyl sites for hydroxylation is 1. The lowest BCUT2D eigenvalue weighted by Crippen LogP contribution is -2.51. The molecule has 0 bridgehead atoms. The lowest BCUT2D eigenvalue weighted by molar-refractivity contribution is 0.0169. The third kappa shape index (κ3) is 7.66. The summed E-state index contributed by atoms with van der Waals surface area (Å²) in [6.45, 7) is 12.4. The average molecular weight is 530 g/mol. The minimum atomic E-state index is 0. The highest BCUT2D eigenvalue weighted by atomic mass is 127. The second kappa shape index (κ2) is 13.5. The van der Waals surface area contributed by atoms with Crippen LogP contribution in [0.15, 0.2) is 29.3 Å². The zero-order valence-corrected chi connectivity index (χ0v) is 21.2. The van der Waals surface area contributed by atoms with Gasteiger partial charge in [0.25, 0.3) is 0 Å². The lowest BCUT2D eigenvalue weighted by Gasteiger charge is -2.36. The molecule has 1 aromatic carbocycles. The van der Waals surface area contributed by atoms with Gasteiger partial charge in [0.1, 0.15) is 0 Å². The van der Waals surface area contributed by atoms with Crippen LogP contribution in [-0.2, 0) is 4.74 Å². The summed E-state index contributed by atoms with van der Waals surface area (Å²) in [4.78, 5) is 9.60. The van der Waals surface area contributed by atoms with Crippen LogP contribution < -0.4 is 10.6 Å². The molecule has 0 aromatic heterocycles. The quantitative estimate of drug-likeness (QED) is 0.323. The Labute approximate surface area is 199 Å². The summed E-state index contributed by atoms with van der Waals surface area (Å²) >= 11 is 0. The van der Waals surface area contributed by atoms with E-state index in [0.717, 1.165) is 38.8 Å². The van der Waals surface area contributed by atoms with Crippen molar-refractivity contribution in [3.8, 4) is 0 Å². The highest BCUT2D eigenvalue weighted by molar-refractivity contribution is 14.0. The third-order valence-electron chi connectivity index (χ3n) is 6.07. The van der Waals surface area contributed by atoms with Crippen molar-refractivity contribution in [2.45, 2.75) is 45.2 Å². The van der Waals surface area contributed by atoms with E-state index >= 15 is 0 Å². The first-order valence-corrected chi connectivity index (χ1v) is 11.3. The molecular weight excluding hydrogens is 489 g/mol. The molecule has 0 aliphatic carbocycles. The van der Waals surface area contributed by atoms with Crippen LogP contribution >= 0.6 is 24.0 Å². The Bertz CT molecular complexity index is 642. The van der Waals surface area contributed by atoms with Crippen LogP contribution in [0, 0.1) is 6.92 Å². The fourth-order valence-corrected chi connectivity index (χ4v) is 4.42. The van der Waals surface area contributed by atoms with Crippen LogP contribution in [0.25, 0.3) is 0 Å². The fraction of sp³-hybridized carbons (Fsp3) is 0.696. The Morgan fingerprint density at radius 3 is 2.57 bits per heavy atom. The molecule has 1 unspecified atom stereocenters. The van der Waals surface area contributed by atoms with Crippen molar-refractivity contribution in [2.24, 2.45) is 4.99 Å². The Morgan fingerprint density at radius 2 is 1.93 bits per heavy atom. The third-order valence-corrected chi connectivity index (χ3v) is 6.07. The van der Waals surface area contributed by atoms with Gasteiger partial charge in [0.15, 0.2) is 5.96 Å². The van der Waals surface area contributed by atoms with E-state index in [0.29, 0.717) is 12.1 Å². The van der Waals surface area contributed by atoms with Crippen molar-refractivity contribution in [1.82, 2.24) is 20.4 Å². The van der Waals surface area contributed by atoms with Crippen LogP contribution in [0.4, 0.5) is 0 Å². The molecule has 2 heterocycles. The van der Waals surface area contributed by atoms with Crippen LogP contribution in [0.3, 0.4) is 0 Å². The van der Waals surface area contributed by atoms with Gasteiger partial charge >= 0.3 is 0 Å². The zero-order chi connectivity index (χ0) is 20.5. The number of rotatable bonds is 7. The van der Waals surface area contributed by atoms with E-state index < -0.39 is 0 Å². The maximum Gasteiger partial charge on any atom is 0.191 e. The number of piperidine rings is 1. The van der Waals surface area contributed by atoms with Crippen LogP contribution in [-0.4, -0.2) is 81.3 Å². The normalized spacial score (nSPS) is 20.4. The van der Waals surface area contributed by atoms with Gasteiger partial charge in [-0.05, 0) is 38.3 Å². The summed E-state index contributed by atoms with van der Waals surface area (Å²) < 4.78 is 5.58. The number of halogens is 1. The van der Waals surface area contributed by atoms with Gasteiger partial charge in [-0.2, -0.15) is 0 Å². The van der Waals surface area contributed by atoms with E-state index in [2.05, 4.69) is 63.5 Å². The summed E-state index contributed by atoms with van der Waals surface area (Å²) in [5.41, 5.74) is 2.67. The molecule has 2 saturated heterocycles. The van der Waals surface area contributed by atoms with Crippen molar-refractivity contribution >= 4 is 29.9 Å². The van der Waals surface area contributed by atoms with Crippen LogP contribution in [0.2, 0.25) is 0 Å². The number of morpholine rings is 1. The predicted octanol–water partition coefficient (Wildman–Crippen LogP) is 3.03. The second-order valence-corrected chi connectivity index (χ2v) is 8.29. The summed E-state index contributed by atoms with van der Waals surface area (Å²) in [6.07, 6.45) is 3.61. The Kier molecular flexibility index (Phi) is 11.4. The van der Waals surface area contributed by atoms with Crippen molar-refractivity contribution in [2.75, 3.05) is 59.5 Å². The smallest absolute Gasteiger partial charge is 0.191 e. The molecule has 1 aromatic rings. The molecule has 7 heteroatoms. The van der Waals surface area contributed by atoms with E-state index in [1.165, 1.54) is 50.0 Å². The maximum absolute atomic E-state index is 5.58. The number of likely N-dealkylation sites (tertiary alicyclic amines) is 1. The number of nitrogens with zero attached hydrogens (tertiary/aromatic N) is 3. The number of aliphatic imine (C=N–C) groups is 1. The average Bonchev–Trinajstić information content (AvgIpc) is 2.75. The number of nitrogens with one attached hydrogen (secondary N) is 2. The van der Waals surface area contributed by atoms with Gasteiger partial charge in [0.2, 0.25) is 0 Å². The van der Waals surface area contributed by atoms with Crippen molar-refractivity contribution in [3.05, 3.63) is 35.4 Å². The van der Waals surface area contributed by atoms with Gasteiger partial charge in [-0.25, -0.2) is 0 Å². The van der Waals surface area contributed by atoms with E-state index in [-0.39, 0.29) is 24.0 Å². The standard InChI is InChI=1S/C23H39N5O.HI/c1-4-10-27-11-8-21(9-12-27)26-23(24-3)25-18-22(28-13-15-29-16-14-28)20-7-5-6-19(2)17-20;/h5-7,17,21-22H,4,8-16,18H2,1-3H3,(H2,24,25,26);1H. The highest BCUT2D eigenvalue weighted by Crippen LogP contribution is 2.22.